The number of alkyl halides is 2. The molecule has 0 bridgehead atoms. The Kier molecular flexibility index (Phi) is 9.05. The van der Waals surface area contributed by atoms with Crippen LogP contribution in [0.1, 0.15) is 61.0 Å². The molecule has 1 aliphatic rings. The van der Waals surface area contributed by atoms with Gasteiger partial charge in [-0.2, -0.15) is 0 Å². The molecule has 2 atom stereocenters. The van der Waals surface area contributed by atoms with Gasteiger partial charge in [0.25, 0.3) is 0 Å². The molecule has 2 heterocycles. The fourth-order valence-electron chi connectivity index (χ4n) is 5.13. The summed E-state index contributed by atoms with van der Waals surface area (Å²) in [6, 6.07) is 10.6. The number of aromatic nitrogens is 1. The number of fused-ring (bicyclic) bond motifs is 1. The molecule has 1 aliphatic heterocycles. The molecule has 0 saturated carbocycles. The Morgan fingerprint density at radius 3 is 2.48 bits per heavy atom. The maximum atomic E-state index is 13.0. The molecule has 4 rings (SSSR count). The number of halogens is 3. The Hall–Kier alpha value is -3.17. The third-order valence-corrected chi connectivity index (χ3v) is 7.26. The van der Waals surface area contributed by atoms with Crippen LogP contribution in [0.25, 0.3) is 10.9 Å². The van der Waals surface area contributed by atoms with Gasteiger partial charge in [-0.3, -0.25) is 4.57 Å². The van der Waals surface area contributed by atoms with E-state index in [9.17, 15) is 18.4 Å². The molecule has 0 N–H and O–H groups in total. The first-order valence-corrected chi connectivity index (χ1v) is 13.6. The van der Waals surface area contributed by atoms with Gasteiger partial charge in [0.15, 0.2) is 0 Å². The Labute approximate surface area is 237 Å². The molecule has 0 aliphatic carbocycles. The minimum absolute atomic E-state index is 0.182. The lowest BCUT2D eigenvalue weighted by molar-refractivity contribution is 0.0542. The zero-order chi connectivity index (χ0) is 29.2. The SMILES string of the molecule is COC(=O)c1ccc([C@@H]2CN(CCC(F)F)CC[C@H]2Oc2c(Cl)cc(C)c3c2ccn3C(=O)OC(C)(C)C)cc1. The van der Waals surface area contributed by atoms with E-state index in [1.165, 1.54) is 11.7 Å². The molecular formula is C30H35ClF2N2O5. The van der Waals surface area contributed by atoms with Crippen molar-refractivity contribution in [3.05, 3.63) is 64.3 Å². The van der Waals surface area contributed by atoms with Gasteiger partial charge in [-0.25, -0.2) is 18.4 Å². The molecule has 1 saturated heterocycles. The van der Waals surface area contributed by atoms with Crippen LogP contribution in [0.2, 0.25) is 5.02 Å². The number of ether oxygens (including phenoxy) is 3. The standard InChI is InChI=1S/C30H35ClF2N2O5/c1-18-16-23(31)27(21-10-15-35(26(18)21)29(37)40-30(2,3)4)39-24-11-13-34(14-12-25(32)33)17-22(24)19-6-8-20(9-7-19)28(36)38-5/h6-10,15-16,22,24-25H,11-14,17H2,1-5H3/t22-,24+/m0/s1. The third kappa shape index (κ3) is 6.75. The zero-order valence-electron chi connectivity index (χ0n) is 23.4. The van der Waals surface area contributed by atoms with Gasteiger partial charge in [0.1, 0.15) is 17.5 Å². The summed E-state index contributed by atoms with van der Waals surface area (Å²) in [5, 5.41) is 1.09. The summed E-state index contributed by atoms with van der Waals surface area (Å²) < 4.78 is 44.4. The Morgan fingerprint density at radius 2 is 1.85 bits per heavy atom. The summed E-state index contributed by atoms with van der Waals surface area (Å²) in [7, 11) is 1.32. The van der Waals surface area contributed by atoms with Crippen LogP contribution in [0.5, 0.6) is 5.75 Å². The van der Waals surface area contributed by atoms with Crippen molar-refractivity contribution in [1.82, 2.24) is 9.47 Å². The molecule has 1 fully saturated rings. The first-order chi connectivity index (χ1) is 18.9. The van der Waals surface area contributed by atoms with E-state index in [-0.39, 0.29) is 25.0 Å². The summed E-state index contributed by atoms with van der Waals surface area (Å²) >= 11 is 6.71. The normalized spacial score (nSPS) is 18.2. The fraction of sp³-hybridized carbons (Fsp3) is 0.467. The van der Waals surface area contributed by atoms with Crippen LogP contribution in [0.3, 0.4) is 0 Å². The third-order valence-electron chi connectivity index (χ3n) is 6.98. The molecular weight excluding hydrogens is 542 g/mol. The topological polar surface area (TPSA) is 70.0 Å². The van der Waals surface area contributed by atoms with Crippen molar-refractivity contribution in [2.24, 2.45) is 0 Å². The second-order valence-corrected chi connectivity index (χ2v) is 11.5. The van der Waals surface area contributed by atoms with Crippen molar-refractivity contribution in [3.63, 3.8) is 0 Å². The van der Waals surface area contributed by atoms with Gasteiger partial charge in [0.2, 0.25) is 6.43 Å². The number of likely N-dealkylation sites (tertiary alicyclic amines) is 1. The molecule has 7 nitrogen and oxygen atoms in total. The number of benzene rings is 2. The second-order valence-electron chi connectivity index (χ2n) is 11.1. The highest BCUT2D eigenvalue weighted by Gasteiger charge is 2.34. The predicted octanol–water partition coefficient (Wildman–Crippen LogP) is 7.07. The smallest absolute Gasteiger partial charge is 0.419 e. The van der Waals surface area contributed by atoms with E-state index in [1.807, 2.05) is 24.0 Å². The van der Waals surface area contributed by atoms with Crippen molar-refractivity contribution < 1.29 is 32.6 Å². The molecule has 0 spiro atoms. The minimum atomic E-state index is -2.37. The van der Waals surface area contributed by atoms with E-state index in [4.69, 9.17) is 25.8 Å². The van der Waals surface area contributed by atoms with Crippen LogP contribution in [0.15, 0.2) is 42.6 Å². The molecule has 0 amide bonds. The van der Waals surface area contributed by atoms with Crippen molar-refractivity contribution in [2.45, 2.75) is 64.6 Å². The molecule has 3 aromatic rings. The number of carbonyl (C=O) groups is 2. The average molecular weight is 577 g/mol. The molecule has 216 valence electrons. The summed E-state index contributed by atoms with van der Waals surface area (Å²) in [6.45, 7) is 8.64. The van der Waals surface area contributed by atoms with Crippen LogP contribution in [-0.4, -0.2) is 66.4 Å². The molecule has 0 unspecified atom stereocenters. The lowest BCUT2D eigenvalue weighted by atomic mass is 9.87. The highest BCUT2D eigenvalue weighted by atomic mass is 35.5. The van der Waals surface area contributed by atoms with E-state index in [2.05, 4.69) is 0 Å². The molecule has 10 heteroatoms. The van der Waals surface area contributed by atoms with Gasteiger partial charge in [0, 0.05) is 43.6 Å². The highest BCUT2D eigenvalue weighted by molar-refractivity contribution is 6.33. The number of rotatable bonds is 7. The van der Waals surface area contributed by atoms with Crippen LogP contribution in [-0.2, 0) is 9.47 Å². The van der Waals surface area contributed by atoms with Gasteiger partial charge >= 0.3 is 12.1 Å². The summed E-state index contributed by atoms with van der Waals surface area (Å²) in [5.74, 6) is -0.171. The van der Waals surface area contributed by atoms with E-state index in [1.54, 1.807) is 51.2 Å². The number of aryl methyl sites for hydroxylation is 1. The zero-order valence-corrected chi connectivity index (χ0v) is 24.1. The lowest BCUT2D eigenvalue weighted by Crippen LogP contribution is -2.44. The van der Waals surface area contributed by atoms with Gasteiger partial charge in [0.05, 0.1) is 23.2 Å². The van der Waals surface area contributed by atoms with E-state index in [0.717, 1.165) is 11.1 Å². The summed E-state index contributed by atoms with van der Waals surface area (Å²) in [4.78, 5) is 26.9. The summed E-state index contributed by atoms with van der Waals surface area (Å²) in [6.07, 6.45) is -1.20. The largest absolute Gasteiger partial charge is 0.487 e. The van der Waals surface area contributed by atoms with Crippen molar-refractivity contribution in [2.75, 3.05) is 26.7 Å². The first kappa shape index (κ1) is 29.8. The van der Waals surface area contributed by atoms with Crippen LogP contribution in [0.4, 0.5) is 13.6 Å². The van der Waals surface area contributed by atoms with Crippen LogP contribution < -0.4 is 4.74 Å². The minimum Gasteiger partial charge on any atom is -0.487 e. The second kappa shape index (κ2) is 12.1. The summed E-state index contributed by atoms with van der Waals surface area (Å²) in [5.41, 5.74) is 2.09. The number of methoxy groups -OCH3 is 1. The van der Waals surface area contributed by atoms with Crippen LogP contribution in [0, 0.1) is 6.92 Å². The van der Waals surface area contributed by atoms with Crippen molar-refractivity contribution >= 4 is 34.6 Å². The Balaban J connectivity index is 1.68. The number of esters is 1. The maximum absolute atomic E-state index is 13.0. The van der Waals surface area contributed by atoms with Crippen molar-refractivity contribution in [1.29, 1.82) is 0 Å². The number of hydrogen-bond donors (Lipinski definition) is 0. The predicted molar refractivity (Wildman–Crippen MR) is 150 cm³/mol. The van der Waals surface area contributed by atoms with E-state index >= 15 is 0 Å². The number of piperidine rings is 1. The first-order valence-electron chi connectivity index (χ1n) is 13.3. The Morgan fingerprint density at radius 1 is 1.15 bits per heavy atom. The number of carbonyl (C=O) groups excluding carboxylic acids is 2. The van der Waals surface area contributed by atoms with E-state index < -0.39 is 24.1 Å². The van der Waals surface area contributed by atoms with E-state index in [0.29, 0.717) is 46.7 Å². The molecule has 1 aromatic heterocycles. The average Bonchev–Trinajstić information content (AvgIpc) is 3.35. The van der Waals surface area contributed by atoms with Gasteiger partial charge in [-0.15, -0.1) is 0 Å². The lowest BCUT2D eigenvalue weighted by Gasteiger charge is -2.39. The molecule has 0 radical (unpaired) electrons. The Bertz CT molecular complexity index is 1370. The fourth-order valence-corrected chi connectivity index (χ4v) is 5.44. The number of nitrogens with zero attached hydrogens (tertiary/aromatic N) is 2. The monoisotopic (exact) mass is 576 g/mol. The maximum Gasteiger partial charge on any atom is 0.419 e. The van der Waals surface area contributed by atoms with Crippen molar-refractivity contribution in [3.8, 4) is 5.75 Å². The van der Waals surface area contributed by atoms with Crippen LogP contribution >= 0.6 is 11.6 Å². The van der Waals surface area contributed by atoms with Gasteiger partial charge in [-0.1, -0.05) is 23.7 Å². The highest BCUT2D eigenvalue weighted by Crippen LogP contribution is 2.40. The quantitative estimate of drug-likeness (QED) is 0.280. The van der Waals surface area contributed by atoms with Gasteiger partial charge in [-0.05, 0) is 69.5 Å². The van der Waals surface area contributed by atoms with Gasteiger partial charge < -0.3 is 19.1 Å². The number of hydrogen-bond acceptors (Lipinski definition) is 6. The molecule has 2 aromatic carbocycles. The molecule has 40 heavy (non-hydrogen) atoms.